The number of aromatic nitrogens is 1. The average molecular weight is 282 g/mol. The first-order valence-corrected chi connectivity index (χ1v) is 7.62. The highest BCUT2D eigenvalue weighted by Crippen LogP contribution is 2.28. The van der Waals surface area contributed by atoms with Gasteiger partial charge in [-0.3, -0.25) is 4.98 Å². The quantitative estimate of drug-likeness (QED) is 0.923. The lowest BCUT2D eigenvalue weighted by Gasteiger charge is -2.20. The Morgan fingerprint density at radius 3 is 2.90 bits per heavy atom. The number of rotatable bonds is 4. The molecule has 0 spiro atoms. The van der Waals surface area contributed by atoms with Gasteiger partial charge < -0.3 is 10.1 Å². The molecule has 1 aliphatic carbocycles. The number of methoxy groups -OCH3 is 1. The predicted octanol–water partition coefficient (Wildman–Crippen LogP) is 3.89. The Morgan fingerprint density at radius 2 is 2.05 bits per heavy atom. The molecule has 1 aromatic heterocycles. The number of pyridine rings is 1. The molecule has 3 nitrogen and oxygen atoms in total. The van der Waals surface area contributed by atoms with E-state index in [1.807, 2.05) is 19.1 Å². The molecule has 0 saturated carbocycles. The minimum absolute atomic E-state index is 0.731. The number of fused-ring (bicyclic) bond motifs is 1. The summed E-state index contributed by atoms with van der Waals surface area (Å²) in [4.78, 5) is 4.57. The number of ether oxygens (including phenoxy) is 1. The molecule has 1 aromatic carbocycles. The molecule has 0 atom stereocenters. The first-order valence-electron chi connectivity index (χ1n) is 7.62. The van der Waals surface area contributed by atoms with Crippen LogP contribution in [0.4, 0.5) is 5.69 Å². The largest absolute Gasteiger partial charge is 0.497 e. The van der Waals surface area contributed by atoms with Crippen LogP contribution in [0, 0.1) is 6.92 Å². The lowest BCUT2D eigenvalue weighted by Crippen LogP contribution is -2.09. The smallest absolute Gasteiger partial charge is 0.122 e. The molecule has 3 heteroatoms. The Hall–Kier alpha value is -2.03. The number of nitrogens with zero attached hydrogens (tertiary/aromatic N) is 1. The Kier molecular flexibility index (Phi) is 4.09. The second-order valence-electron chi connectivity index (χ2n) is 5.64. The molecule has 110 valence electrons. The van der Waals surface area contributed by atoms with E-state index >= 15 is 0 Å². The first kappa shape index (κ1) is 13.9. The van der Waals surface area contributed by atoms with E-state index in [4.69, 9.17) is 4.74 Å². The third-order valence-corrected chi connectivity index (χ3v) is 4.07. The van der Waals surface area contributed by atoms with Crippen LogP contribution < -0.4 is 10.1 Å². The number of anilines is 1. The van der Waals surface area contributed by atoms with Crippen LogP contribution >= 0.6 is 0 Å². The molecule has 3 rings (SSSR count). The topological polar surface area (TPSA) is 34.1 Å². The lowest BCUT2D eigenvalue weighted by molar-refractivity contribution is 0.413. The van der Waals surface area contributed by atoms with Crippen LogP contribution in [-0.2, 0) is 19.4 Å². The fraction of sp³-hybridized carbons (Fsp3) is 0.389. The molecular formula is C18H22N2O. The molecule has 1 heterocycles. The highest BCUT2D eigenvalue weighted by molar-refractivity contribution is 5.55. The van der Waals surface area contributed by atoms with E-state index in [-0.39, 0.29) is 0 Å². The molecule has 2 aromatic rings. The van der Waals surface area contributed by atoms with E-state index < -0.39 is 0 Å². The van der Waals surface area contributed by atoms with E-state index in [0.717, 1.165) is 23.7 Å². The second-order valence-corrected chi connectivity index (χ2v) is 5.64. The van der Waals surface area contributed by atoms with Crippen LogP contribution in [0.15, 0.2) is 30.3 Å². The summed E-state index contributed by atoms with van der Waals surface area (Å²) < 4.78 is 5.31. The molecule has 0 aliphatic heterocycles. The maximum Gasteiger partial charge on any atom is 0.122 e. The van der Waals surface area contributed by atoms with Crippen LogP contribution in [0.3, 0.4) is 0 Å². The van der Waals surface area contributed by atoms with Gasteiger partial charge in [0.25, 0.3) is 0 Å². The van der Waals surface area contributed by atoms with E-state index in [0.29, 0.717) is 0 Å². The first-order chi connectivity index (χ1) is 10.3. The van der Waals surface area contributed by atoms with Crippen LogP contribution in [-0.4, -0.2) is 12.1 Å². The van der Waals surface area contributed by atoms with Crippen molar-refractivity contribution in [1.29, 1.82) is 0 Å². The van der Waals surface area contributed by atoms with Crippen molar-refractivity contribution in [2.24, 2.45) is 0 Å². The molecule has 0 bridgehead atoms. The summed E-state index contributed by atoms with van der Waals surface area (Å²) in [6.45, 7) is 2.73. The normalized spacial score (nSPS) is 13.6. The molecule has 0 unspecified atom stereocenters. The molecule has 21 heavy (non-hydrogen) atoms. The molecular weight excluding hydrogens is 260 g/mol. The number of nitrogens with one attached hydrogen (secondary N) is 1. The zero-order valence-corrected chi connectivity index (χ0v) is 12.8. The number of aryl methyl sites for hydroxylation is 2. The van der Waals surface area contributed by atoms with Crippen molar-refractivity contribution in [3.63, 3.8) is 0 Å². The fourth-order valence-electron chi connectivity index (χ4n) is 3.04. The molecule has 0 radical (unpaired) electrons. The van der Waals surface area contributed by atoms with Crippen molar-refractivity contribution in [1.82, 2.24) is 4.98 Å². The average Bonchev–Trinajstić information content (AvgIpc) is 2.52. The minimum atomic E-state index is 0.731. The molecule has 1 aliphatic rings. The van der Waals surface area contributed by atoms with Gasteiger partial charge in [0, 0.05) is 23.5 Å². The highest BCUT2D eigenvalue weighted by Gasteiger charge is 2.12. The van der Waals surface area contributed by atoms with Crippen molar-refractivity contribution in [2.45, 2.75) is 39.2 Å². The summed E-state index contributed by atoms with van der Waals surface area (Å²) in [5.74, 6) is 0.870. The van der Waals surface area contributed by atoms with Crippen LogP contribution in [0.5, 0.6) is 5.75 Å². The van der Waals surface area contributed by atoms with Gasteiger partial charge in [-0.25, -0.2) is 0 Å². The van der Waals surface area contributed by atoms with Gasteiger partial charge in [0.2, 0.25) is 0 Å². The molecule has 0 fully saturated rings. The zero-order valence-electron chi connectivity index (χ0n) is 12.8. The summed E-state index contributed by atoms with van der Waals surface area (Å²) >= 11 is 0. The summed E-state index contributed by atoms with van der Waals surface area (Å²) in [5.41, 5.74) is 6.25. The summed E-state index contributed by atoms with van der Waals surface area (Å²) in [5, 5.41) is 3.55. The van der Waals surface area contributed by atoms with Gasteiger partial charge in [-0.05, 0) is 49.8 Å². The molecule has 0 saturated heterocycles. The van der Waals surface area contributed by atoms with Crippen molar-refractivity contribution in [2.75, 3.05) is 12.4 Å². The van der Waals surface area contributed by atoms with Crippen molar-refractivity contribution in [3.05, 3.63) is 52.8 Å². The Bertz CT molecular complexity index is 637. The Balaban J connectivity index is 1.77. The van der Waals surface area contributed by atoms with Gasteiger partial charge in [-0.2, -0.15) is 0 Å². The molecule has 1 N–H and O–H groups in total. The van der Waals surface area contributed by atoms with Gasteiger partial charge in [-0.15, -0.1) is 0 Å². The van der Waals surface area contributed by atoms with Crippen LogP contribution in [0.1, 0.15) is 35.4 Å². The van der Waals surface area contributed by atoms with Crippen molar-refractivity contribution >= 4 is 5.69 Å². The fourth-order valence-corrected chi connectivity index (χ4v) is 3.04. The highest BCUT2D eigenvalue weighted by atomic mass is 16.5. The van der Waals surface area contributed by atoms with E-state index in [2.05, 4.69) is 28.5 Å². The van der Waals surface area contributed by atoms with Crippen LogP contribution in [0.25, 0.3) is 0 Å². The Morgan fingerprint density at radius 1 is 1.19 bits per heavy atom. The van der Waals surface area contributed by atoms with E-state index in [9.17, 15) is 0 Å². The SMILES string of the molecule is COc1cc(C)nc(CNc2cccc3c2CCCC3)c1. The van der Waals surface area contributed by atoms with Gasteiger partial charge >= 0.3 is 0 Å². The van der Waals surface area contributed by atoms with Crippen molar-refractivity contribution in [3.8, 4) is 5.75 Å². The zero-order chi connectivity index (χ0) is 14.7. The Labute approximate surface area is 126 Å². The third kappa shape index (κ3) is 3.18. The maximum absolute atomic E-state index is 5.31. The minimum Gasteiger partial charge on any atom is -0.497 e. The third-order valence-electron chi connectivity index (χ3n) is 4.07. The molecule has 0 amide bonds. The van der Waals surface area contributed by atoms with Crippen LogP contribution in [0.2, 0.25) is 0 Å². The summed E-state index contributed by atoms with van der Waals surface area (Å²) in [6, 6.07) is 10.5. The van der Waals surface area contributed by atoms with Crippen molar-refractivity contribution < 1.29 is 4.74 Å². The van der Waals surface area contributed by atoms with E-state index in [1.165, 1.54) is 42.5 Å². The predicted molar refractivity (Wildman–Crippen MR) is 85.9 cm³/mol. The number of benzene rings is 1. The maximum atomic E-state index is 5.31. The monoisotopic (exact) mass is 282 g/mol. The van der Waals surface area contributed by atoms with Gasteiger partial charge in [-0.1, -0.05) is 12.1 Å². The summed E-state index contributed by atoms with van der Waals surface area (Å²) in [6.07, 6.45) is 5.00. The van der Waals surface area contributed by atoms with Gasteiger partial charge in [0.1, 0.15) is 5.75 Å². The number of hydrogen-bond acceptors (Lipinski definition) is 3. The second kappa shape index (κ2) is 6.17. The lowest BCUT2D eigenvalue weighted by atomic mass is 9.90. The summed E-state index contributed by atoms with van der Waals surface area (Å²) in [7, 11) is 1.69. The number of hydrogen-bond donors (Lipinski definition) is 1. The van der Waals surface area contributed by atoms with E-state index in [1.54, 1.807) is 7.11 Å². The standard InChI is InChI=1S/C18H22N2O/c1-13-10-16(21-2)11-15(20-13)12-19-18-9-5-7-14-6-3-4-8-17(14)18/h5,7,9-11,19H,3-4,6,8,12H2,1-2H3. The van der Waals surface area contributed by atoms with Gasteiger partial charge in [0.05, 0.1) is 19.3 Å². The van der Waals surface area contributed by atoms with Gasteiger partial charge in [0.15, 0.2) is 0 Å².